The first kappa shape index (κ1) is 71.9. The lowest BCUT2D eigenvalue weighted by Gasteiger charge is -2.34. The van der Waals surface area contributed by atoms with E-state index in [1.54, 1.807) is 0 Å². The minimum Gasteiger partial charge on any atom is -0.489 e. The van der Waals surface area contributed by atoms with Crippen LogP contribution in [-0.2, 0) is 0 Å². The topological polar surface area (TPSA) is 73.8 Å². The third kappa shape index (κ3) is 18.6. The molecule has 0 heterocycles. The summed E-state index contributed by atoms with van der Waals surface area (Å²) in [7, 11) is 0. The predicted octanol–water partition coefficient (Wildman–Crippen LogP) is 22.2. The van der Waals surface area contributed by atoms with Gasteiger partial charge in [0.1, 0.15) is 98.9 Å². The van der Waals surface area contributed by atoms with E-state index in [9.17, 15) is 0 Å². The van der Waals surface area contributed by atoms with Crippen LogP contribution < -0.4 is 37.9 Å². The van der Waals surface area contributed by atoms with E-state index in [-0.39, 0.29) is 23.7 Å². The molecule has 0 spiro atoms. The first-order valence-electron chi connectivity index (χ1n) is 33.6. The van der Waals surface area contributed by atoms with E-state index in [1.807, 2.05) is 48.6 Å². The van der Waals surface area contributed by atoms with E-state index in [0.29, 0.717) is 52.9 Å². The molecule has 4 aromatic carbocycles. The van der Waals surface area contributed by atoms with Gasteiger partial charge in [-0.05, 0) is 77.6 Å². The molecule has 8 heteroatoms. The van der Waals surface area contributed by atoms with Gasteiger partial charge in [0.05, 0.1) is 0 Å². The fraction of sp³-hybridized carbons (Fsp3) is 0.500. The molecule has 5 rings (SSSR count). The minimum absolute atomic E-state index is 0.234. The van der Waals surface area contributed by atoms with Gasteiger partial charge >= 0.3 is 0 Å². The molecular formula is C80H112O8. The normalized spacial score (nSPS) is 15.1. The van der Waals surface area contributed by atoms with Crippen molar-refractivity contribution in [3.05, 3.63) is 192 Å². The smallest absolute Gasteiger partial charge is 0.130 e. The van der Waals surface area contributed by atoms with E-state index in [2.05, 4.69) is 132 Å². The highest BCUT2D eigenvalue weighted by Gasteiger charge is 2.38. The fourth-order valence-electron chi connectivity index (χ4n) is 13.1. The van der Waals surface area contributed by atoms with Gasteiger partial charge in [-0.3, -0.25) is 0 Å². The summed E-state index contributed by atoms with van der Waals surface area (Å²) in [6.07, 6.45) is 34.9. The molecule has 1 aliphatic rings. The molecule has 88 heavy (non-hydrogen) atoms. The Hall–Kier alpha value is -6.80. The highest BCUT2D eigenvalue weighted by atomic mass is 16.5. The Bertz CT molecular complexity index is 2360. The Labute approximate surface area is 533 Å². The predicted molar refractivity (Wildman–Crippen MR) is 373 cm³/mol. The van der Waals surface area contributed by atoms with Gasteiger partial charge in [-0.15, -0.1) is 0 Å². The summed E-state index contributed by atoms with van der Waals surface area (Å²) < 4.78 is 56.8. The summed E-state index contributed by atoms with van der Waals surface area (Å²) in [5, 5.41) is 0. The molecule has 0 atom stereocenters. The Balaban J connectivity index is 2.33. The molecule has 0 fully saturated rings. The van der Waals surface area contributed by atoms with Crippen molar-refractivity contribution in [3.8, 4) is 46.0 Å². The van der Waals surface area contributed by atoms with Crippen molar-refractivity contribution in [1.82, 2.24) is 0 Å². The lowest BCUT2D eigenvalue weighted by atomic mass is 9.74. The van der Waals surface area contributed by atoms with Crippen molar-refractivity contribution in [2.75, 3.05) is 52.9 Å². The first-order valence-corrected chi connectivity index (χ1v) is 33.6. The summed E-state index contributed by atoms with van der Waals surface area (Å²) in [6.45, 7) is 53.6. The third-order valence-corrected chi connectivity index (χ3v) is 17.2. The van der Waals surface area contributed by atoms with Crippen molar-refractivity contribution in [2.24, 2.45) is 0 Å². The number of hydrogen-bond donors (Lipinski definition) is 0. The monoisotopic (exact) mass is 1200 g/mol. The molecule has 4 aromatic rings. The standard InChI is InChI=1S/C80H112O8/c1-17-29-33-37-41-61-65-53-67(75(83-47-23-7)57(13)73(65)81-45-21-5)62(42-38-34-30-18-2)69-55-71(79(87-51-27-11)59(15)77(69)85-49-25-9)64(44-40-36-32-20-4)72-56-70(78(86-50-26-10)60(16)80(72)88-52-28-12)63(43-39-35-31-19-3)68-54-66(61)74(82-46-22-6)58(14)76(68)84-48-24-8/h21-28,53-56,61-64H,5-12,17-20,29-52H2,1-4,13-16H3. The molecule has 0 saturated heterocycles. The zero-order valence-electron chi connectivity index (χ0n) is 56.0. The van der Waals surface area contributed by atoms with Crippen LogP contribution in [0.3, 0.4) is 0 Å². The van der Waals surface area contributed by atoms with Gasteiger partial charge in [0.25, 0.3) is 0 Å². The Morgan fingerprint density at radius 3 is 0.523 bits per heavy atom. The van der Waals surface area contributed by atoms with Gasteiger partial charge in [-0.2, -0.15) is 0 Å². The number of benzene rings is 4. The second-order valence-electron chi connectivity index (χ2n) is 23.8. The van der Waals surface area contributed by atoms with Gasteiger partial charge in [-0.25, -0.2) is 0 Å². The van der Waals surface area contributed by atoms with Crippen LogP contribution in [0.4, 0.5) is 0 Å². The zero-order valence-corrected chi connectivity index (χ0v) is 56.0. The molecule has 0 N–H and O–H groups in total. The van der Waals surface area contributed by atoms with E-state index in [0.717, 1.165) is 241 Å². The molecule has 0 unspecified atom stereocenters. The maximum absolute atomic E-state index is 7.10. The van der Waals surface area contributed by atoms with E-state index in [4.69, 9.17) is 37.9 Å². The second-order valence-corrected chi connectivity index (χ2v) is 23.8. The summed E-state index contributed by atoms with van der Waals surface area (Å²) >= 11 is 0. The molecule has 0 aliphatic heterocycles. The van der Waals surface area contributed by atoms with Crippen LogP contribution in [0, 0.1) is 27.7 Å². The van der Waals surface area contributed by atoms with Crippen molar-refractivity contribution in [1.29, 1.82) is 0 Å². The Morgan fingerprint density at radius 1 is 0.250 bits per heavy atom. The van der Waals surface area contributed by atoms with Gasteiger partial charge in [0, 0.05) is 90.4 Å². The SMILES string of the molecule is C=CCOc1c2cc(c(OCC=C)c1C)C(CCCCCC)c1cc(c(OCC=C)c(C)c1OCC=C)C(CCCCCC)c1cc(c(OCC=C)c(C)c1OCC=C)C(CCCCCC)c1cc(c(OCC=C)c(C)c1OCC=C)C2CCCCCC. The maximum atomic E-state index is 7.10. The summed E-state index contributed by atoms with van der Waals surface area (Å²) in [4.78, 5) is 0. The molecule has 0 radical (unpaired) electrons. The summed E-state index contributed by atoms with van der Waals surface area (Å²) in [5.41, 5.74) is 12.2. The second kappa shape index (κ2) is 39.3. The van der Waals surface area contributed by atoms with Crippen LogP contribution in [0.15, 0.2) is 126 Å². The number of unbranched alkanes of at least 4 members (excludes halogenated alkanes) is 12. The zero-order chi connectivity index (χ0) is 63.8. The lowest BCUT2D eigenvalue weighted by Crippen LogP contribution is -2.18. The van der Waals surface area contributed by atoms with E-state index < -0.39 is 0 Å². The maximum Gasteiger partial charge on any atom is 0.130 e. The van der Waals surface area contributed by atoms with Gasteiger partial charge < -0.3 is 37.9 Å². The fourth-order valence-corrected chi connectivity index (χ4v) is 13.1. The Kier molecular flexibility index (Phi) is 32.1. The molecule has 8 nitrogen and oxygen atoms in total. The van der Waals surface area contributed by atoms with E-state index in [1.165, 1.54) is 0 Å². The van der Waals surface area contributed by atoms with Crippen molar-refractivity contribution < 1.29 is 37.9 Å². The van der Waals surface area contributed by atoms with Crippen LogP contribution in [0.2, 0.25) is 0 Å². The first-order chi connectivity index (χ1) is 43.0. The van der Waals surface area contributed by atoms with Crippen LogP contribution in [0.5, 0.6) is 46.0 Å². The minimum atomic E-state index is -0.234. The average molecular weight is 1200 g/mol. The largest absolute Gasteiger partial charge is 0.489 e. The molecule has 0 aromatic heterocycles. The highest BCUT2D eigenvalue weighted by Crippen LogP contribution is 2.57. The Morgan fingerprint density at radius 2 is 0.398 bits per heavy atom. The van der Waals surface area contributed by atoms with E-state index >= 15 is 0 Å². The number of fused-ring (bicyclic) bond motifs is 8. The van der Waals surface area contributed by atoms with Crippen molar-refractivity contribution in [3.63, 3.8) is 0 Å². The van der Waals surface area contributed by atoms with Crippen LogP contribution in [0.25, 0.3) is 0 Å². The lowest BCUT2D eigenvalue weighted by molar-refractivity contribution is 0.323. The third-order valence-electron chi connectivity index (χ3n) is 17.2. The number of ether oxygens (including phenoxy) is 8. The molecule has 0 saturated carbocycles. The molecule has 0 amide bonds. The summed E-state index contributed by atoms with van der Waals surface area (Å²) in [5.74, 6) is 5.30. The average Bonchev–Trinajstić information content (AvgIpc) is 1.39. The van der Waals surface area contributed by atoms with Gasteiger partial charge in [0.2, 0.25) is 0 Å². The van der Waals surface area contributed by atoms with Crippen LogP contribution in [0.1, 0.15) is 247 Å². The highest BCUT2D eigenvalue weighted by molar-refractivity contribution is 5.69. The molecule has 480 valence electrons. The molecular weight excluding hydrogens is 1090 g/mol. The summed E-state index contributed by atoms with van der Waals surface area (Å²) in [6, 6.07) is 9.75. The quantitative estimate of drug-likeness (QED) is 0.0320. The van der Waals surface area contributed by atoms with Gasteiger partial charge in [-0.1, -0.05) is 232 Å². The van der Waals surface area contributed by atoms with Crippen molar-refractivity contribution in [2.45, 2.75) is 207 Å². The number of hydrogen-bond acceptors (Lipinski definition) is 8. The molecule has 1 aliphatic carbocycles. The van der Waals surface area contributed by atoms with Crippen molar-refractivity contribution >= 4 is 0 Å². The van der Waals surface area contributed by atoms with Crippen LogP contribution >= 0.6 is 0 Å². The molecule has 8 bridgehead atoms. The number of rotatable bonds is 44. The van der Waals surface area contributed by atoms with Gasteiger partial charge in [0.15, 0.2) is 0 Å². The van der Waals surface area contributed by atoms with Crippen LogP contribution in [-0.4, -0.2) is 52.9 Å².